The van der Waals surface area contributed by atoms with Gasteiger partial charge in [-0.1, -0.05) is 18.2 Å². The largest absolute Gasteiger partial charge is 0.508 e. The number of phenols is 1. The number of phenolic OH excluding ortho intramolecular Hbond substituents is 1. The van der Waals surface area contributed by atoms with Crippen LogP contribution >= 0.6 is 11.3 Å². The molecule has 0 bridgehead atoms. The molecule has 2 aromatic rings. The number of rotatable bonds is 9. The lowest BCUT2D eigenvalue weighted by atomic mass is 10.2. The van der Waals surface area contributed by atoms with Crippen LogP contribution in [0.25, 0.3) is 0 Å². The highest BCUT2D eigenvalue weighted by Crippen LogP contribution is 2.19. The normalized spacial score (nSPS) is 12.2. The maximum Gasteiger partial charge on any atom is 0.261 e. The highest BCUT2D eigenvalue weighted by Gasteiger charge is 2.11. The minimum atomic E-state index is -0.173. The van der Waals surface area contributed by atoms with E-state index in [9.17, 15) is 9.90 Å². The number of nitrogens with one attached hydrogen (secondary N) is 2. The molecule has 0 aliphatic carbocycles. The molecule has 2 rings (SSSR count). The first-order valence-electron chi connectivity index (χ1n) is 8.73. The van der Waals surface area contributed by atoms with Gasteiger partial charge in [0.15, 0.2) is 0 Å². The van der Waals surface area contributed by atoms with E-state index in [1.54, 1.807) is 36.5 Å². The zero-order chi connectivity index (χ0) is 20.4. The minimum absolute atomic E-state index is 0.173. The van der Waals surface area contributed by atoms with Crippen molar-refractivity contribution in [2.75, 3.05) is 6.67 Å². The van der Waals surface area contributed by atoms with Crippen molar-refractivity contribution < 1.29 is 9.90 Å². The number of amides is 1. The zero-order valence-electron chi connectivity index (χ0n) is 16.0. The molecular weight excluding hydrogens is 372 g/mol. The van der Waals surface area contributed by atoms with Crippen LogP contribution in [0.15, 0.2) is 70.4 Å². The fourth-order valence-corrected chi connectivity index (χ4v) is 3.13. The Hall–Kier alpha value is -3.19. The van der Waals surface area contributed by atoms with Crippen molar-refractivity contribution in [3.8, 4) is 5.75 Å². The summed E-state index contributed by atoms with van der Waals surface area (Å²) in [5.74, 6) is 0.00282. The topological polar surface area (TPSA) is 86.1 Å². The molecule has 0 saturated carbocycles. The maximum absolute atomic E-state index is 12.4. The molecule has 3 N–H and O–H groups in total. The molecule has 7 heteroatoms. The van der Waals surface area contributed by atoms with E-state index in [2.05, 4.69) is 27.3 Å². The monoisotopic (exact) mass is 396 g/mol. The lowest BCUT2D eigenvalue weighted by Gasteiger charge is -2.05. The molecule has 0 aliphatic rings. The van der Waals surface area contributed by atoms with Crippen LogP contribution in [-0.2, 0) is 6.54 Å². The fraction of sp³-hybridized carbons (Fsp3) is 0.190. The standard InChI is InChI=1S/C21H24N4O2S/c1-4-15(2)24-14-25-18(10-11-22-3)19-8-9-20(28-19)21(27)23-13-16-6-5-7-17(26)12-16/h4-12,24,26H,3,13-14H2,1-2H3,(H,23,27)/b11-10-,15-4+,25-18+. The fourth-order valence-electron chi connectivity index (χ4n) is 2.22. The molecule has 1 aromatic heterocycles. The number of nitrogens with zero attached hydrogens (tertiary/aromatic N) is 2. The van der Waals surface area contributed by atoms with Gasteiger partial charge in [0.1, 0.15) is 12.4 Å². The Morgan fingerprint density at radius 1 is 1.25 bits per heavy atom. The Bertz CT molecular complexity index is 913. The number of hydrogen-bond acceptors (Lipinski definition) is 6. The van der Waals surface area contributed by atoms with Gasteiger partial charge in [-0.05, 0) is 56.5 Å². The van der Waals surface area contributed by atoms with Crippen LogP contribution in [-0.4, -0.2) is 30.1 Å². The lowest BCUT2D eigenvalue weighted by Crippen LogP contribution is -2.21. The van der Waals surface area contributed by atoms with Crippen LogP contribution in [0.1, 0.15) is 34.0 Å². The van der Waals surface area contributed by atoms with Crippen LogP contribution in [0.4, 0.5) is 0 Å². The van der Waals surface area contributed by atoms with E-state index in [0.29, 0.717) is 18.1 Å². The molecule has 0 saturated heterocycles. The number of allylic oxidation sites excluding steroid dienone is 3. The number of thiophene rings is 1. The number of carbonyl (C=O) groups is 1. The summed E-state index contributed by atoms with van der Waals surface area (Å²) in [6.07, 6.45) is 5.30. The first kappa shape index (κ1) is 21.1. The van der Waals surface area contributed by atoms with Gasteiger partial charge in [-0.3, -0.25) is 14.8 Å². The van der Waals surface area contributed by atoms with Crippen molar-refractivity contribution in [3.63, 3.8) is 0 Å². The van der Waals surface area contributed by atoms with Gasteiger partial charge in [0.05, 0.1) is 15.5 Å². The highest BCUT2D eigenvalue weighted by molar-refractivity contribution is 7.16. The summed E-state index contributed by atoms with van der Waals surface area (Å²) in [4.78, 5) is 22.1. The number of carbonyl (C=O) groups excluding carboxylic acids is 1. The second kappa shape index (κ2) is 10.8. The first-order chi connectivity index (χ1) is 13.5. The summed E-state index contributed by atoms with van der Waals surface area (Å²) < 4.78 is 0. The van der Waals surface area contributed by atoms with Gasteiger partial charge in [0.25, 0.3) is 5.91 Å². The smallest absolute Gasteiger partial charge is 0.261 e. The third-order valence-corrected chi connectivity index (χ3v) is 4.93. The summed E-state index contributed by atoms with van der Waals surface area (Å²) in [6.45, 7) is 8.13. The van der Waals surface area contributed by atoms with Crippen molar-refractivity contribution in [2.24, 2.45) is 9.98 Å². The molecule has 0 atom stereocenters. The van der Waals surface area contributed by atoms with Crippen LogP contribution in [0.5, 0.6) is 5.75 Å². The van der Waals surface area contributed by atoms with Crippen LogP contribution in [0, 0.1) is 0 Å². The van der Waals surface area contributed by atoms with Gasteiger partial charge in [-0.2, -0.15) is 0 Å². The minimum Gasteiger partial charge on any atom is -0.508 e. The predicted octanol–water partition coefficient (Wildman–Crippen LogP) is 3.86. The molecule has 0 spiro atoms. The summed E-state index contributed by atoms with van der Waals surface area (Å²) in [5.41, 5.74) is 2.59. The van der Waals surface area contributed by atoms with E-state index < -0.39 is 0 Å². The second-order valence-corrected chi connectivity index (χ2v) is 6.95. The molecule has 1 aromatic carbocycles. The summed E-state index contributed by atoms with van der Waals surface area (Å²) in [5, 5.41) is 15.5. The molecule has 0 radical (unpaired) electrons. The van der Waals surface area contributed by atoms with E-state index in [-0.39, 0.29) is 11.7 Å². The van der Waals surface area contributed by atoms with Crippen LogP contribution in [0.2, 0.25) is 0 Å². The number of aliphatic imine (C=N–C) groups is 2. The molecule has 0 unspecified atom stereocenters. The molecule has 28 heavy (non-hydrogen) atoms. The van der Waals surface area contributed by atoms with E-state index in [1.165, 1.54) is 11.3 Å². The quantitative estimate of drug-likeness (QED) is 0.563. The number of benzene rings is 1. The van der Waals surface area contributed by atoms with Crippen molar-refractivity contribution in [3.05, 3.63) is 75.8 Å². The Labute approximate surface area is 169 Å². The predicted molar refractivity (Wildman–Crippen MR) is 116 cm³/mol. The van der Waals surface area contributed by atoms with E-state index in [0.717, 1.165) is 21.8 Å². The van der Waals surface area contributed by atoms with Gasteiger partial charge in [0, 0.05) is 18.4 Å². The van der Waals surface area contributed by atoms with Gasteiger partial charge in [0.2, 0.25) is 0 Å². The van der Waals surface area contributed by atoms with E-state index in [1.807, 2.05) is 32.1 Å². The lowest BCUT2D eigenvalue weighted by molar-refractivity contribution is 0.0955. The van der Waals surface area contributed by atoms with E-state index in [4.69, 9.17) is 0 Å². The van der Waals surface area contributed by atoms with Gasteiger partial charge in [-0.25, -0.2) is 0 Å². The summed E-state index contributed by atoms with van der Waals surface area (Å²) in [7, 11) is 0. The van der Waals surface area contributed by atoms with Crippen molar-refractivity contribution in [1.29, 1.82) is 0 Å². The Kier molecular flexibility index (Phi) is 8.17. The Morgan fingerprint density at radius 3 is 2.75 bits per heavy atom. The maximum atomic E-state index is 12.4. The average Bonchev–Trinajstić information content (AvgIpc) is 3.18. The summed E-state index contributed by atoms with van der Waals surface area (Å²) >= 11 is 1.35. The molecule has 146 valence electrons. The molecule has 1 amide bonds. The molecular formula is C21H24N4O2S. The number of hydrogen-bond donors (Lipinski definition) is 3. The van der Waals surface area contributed by atoms with Crippen LogP contribution in [0.3, 0.4) is 0 Å². The zero-order valence-corrected chi connectivity index (χ0v) is 16.8. The van der Waals surface area contributed by atoms with E-state index >= 15 is 0 Å². The SMILES string of the molecule is C=N/C=C\C(=N/CN/C(C)=C/C)c1ccc(C(=O)NCc2cccc(O)c2)s1. The molecule has 0 aliphatic heterocycles. The first-order valence-corrected chi connectivity index (χ1v) is 9.55. The Morgan fingerprint density at radius 2 is 2.04 bits per heavy atom. The molecule has 6 nitrogen and oxygen atoms in total. The second-order valence-electron chi connectivity index (χ2n) is 5.86. The summed E-state index contributed by atoms with van der Waals surface area (Å²) in [6, 6.07) is 10.4. The Balaban J connectivity index is 2.07. The van der Waals surface area contributed by atoms with Crippen molar-refractivity contribution in [2.45, 2.75) is 20.4 Å². The third kappa shape index (κ3) is 6.51. The molecule has 1 heterocycles. The van der Waals surface area contributed by atoms with Crippen LogP contribution < -0.4 is 10.6 Å². The molecule has 0 fully saturated rings. The van der Waals surface area contributed by atoms with Gasteiger partial charge < -0.3 is 15.7 Å². The highest BCUT2D eigenvalue weighted by atomic mass is 32.1. The van der Waals surface area contributed by atoms with Crippen molar-refractivity contribution in [1.82, 2.24) is 10.6 Å². The third-order valence-electron chi connectivity index (χ3n) is 3.82. The van der Waals surface area contributed by atoms with Crippen molar-refractivity contribution >= 4 is 29.7 Å². The average molecular weight is 397 g/mol. The van der Waals surface area contributed by atoms with Gasteiger partial charge >= 0.3 is 0 Å². The number of aromatic hydroxyl groups is 1. The van der Waals surface area contributed by atoms with Gasteiger partial charge in [-0.15, -0.1) is 11.3 Å².